The van der Waals surface area contributed by atoms with E-state index in [0.717, 1.165) is 10.3 Å². The number of ketones is 1. The van der Waals surface area contributed by atoms with E-state index in [-0.39, 0.29) is 11.3 Å². The lowest BCUT2D eigenvalue weighted by Gasteiger charge is -2.25. The van der Waals surface area contributed by atoms with Crippen LogP contribution in [0.25, 0.3) is 16.0 Å². The Morgan fingerprint density at radius 1 is 0.973 bits per heavy atom. The normalized spacial score (nSPS) is 16.9. The predicted octanol–water partition coefficient (Wildman–Crippen LogP) is 5.26. The molecule has 0 bridgehead atoms. The number of thiazole rings is 1. The SMILES string of the molecule is COc1ccc(C(O)=C2C(=O)C(=O)N(c3nc4ccc(C)cc4s3)[C@@H]2c2cccc(OC)c2OC)cc1. The van der Waals surface area contributed by atoms with Gasteiger partial charge in [0.2, 0.25) is 0 Å². The molecule has 5 rings (SSSR count). The summed E-state index contributed by atoms with van der Waals surface area (Å²) < 4.78 is 17.2. The van der Waals surface area contributed by atoms with E-state index in [9.17, 15) is 14.7 Å². The first-order valence-electron chi connectivity index (χ1n) is 11.4. The van der Waals surface area contributed by atoms with Gasteiger partial charge in [0.1, 0.15) is 17.6 Å². The predicted molar refractivity (Wildman–Crippen MR) is 142 cm³/mol. The number of aromatic nitrogens is 1. The second kappa shape index (κ2) is 9.59. The largest absolute Gasteiger partial charge is 0.507 e. The highest BCUT2D eigenvalue weighted by atomic mass is 32.1. The highest BCUT2D eigenvalue weighted by molar-refractivity contribution is 7.22. The average molecular weight is 517 g/mol. The van der Waals surface area contributed by atoms with Crippen LogP contribution < -0.4 is 19.1 Å². The third-order valence-corrected chi connectivity index (χ3v) is 7.29. The lowest BCUT2D eigenvalue weighted by Crippen LogP contribution is -2.29. The van der Waals surface area contributed by atoms with Gasteiger partial charge in [0.25, 0.3) is 5.78 Å². The van der Waals surface area contributed by atoms with E-state index >= 15 is 0 Å². The topological polar surface area (TPSA) is 98.2 Å². The molecule has 1 amide bonds. The number of amides is 1. The fourth-order valence-electron chi connectivity index (χ4n) is 4.48. The van der Waals surface area contributed by atoms with Gasteiger partial charge in [-0.2, -0.15) is 0 Å². The molecule has 0 spiro atoms. The third-order valence-electron chi connectivity index (χ3n) is 6.27. The first-order chi connectivity index (χ1) is 17.9. The minimum absolute atomic E-state index is 0.0721. The zero-order valence-electron chi connectivity index (χ0n) is 20.6. The molecule has 1 aromatic heterocycles. The number of aliphatic hydroxyl groups excluding tert-OH is 1. The number of fused-ring (bicyclic) bond motifs is 1. The minimum Gasteiger partial charge on any atom is -0.507 e. The summed E-state index contributed by atoms with van der Waals surface area (Å²) in [6.07, 6.45) is 0. The van der Waals surface area contributed by atoms with E-state index in [1.165, 1.54) is 37.6 Å². The number of aliphatic hydroxyl groups is 1. The number of para-hydroxylation sites is 1. The first-order valence-corrected chi connectivity index (χ1v) is 12.2. The molecule has 1 atom stereocenters. The first kappa shape index (κ1) is 24.3. The van der Waals surface area contributed by atoms with Crippen LogP contribution in [0.3, 0.4) is 0 Å². The number of ether oxygens (including phenoxy) is 3. The van der Waals surface area contributed by atoms with Crippen LogP contribution in [-0.2, 0) is 9.59 Å². The maximum Gasteiger partial charge on any atom is 0.301 e. The van der Waals surface area contributed by atoms with Gasteiger partial charge < -0.3 is 19.3 Å². The molecule has 2 heterocycles. The molecule has 37 heavy (non-hydrogen) atoms. The third kappa shape index (κ3) is 4.07. The van der Waals surface area contributed by atoms with Crippen LogP contribution in [0, 0.1) is 6.92 Å². The van der Waals surface area contributed by atoms with Crippen LogP contribution in [0.15, 0.2) is 66.2 Å². The molecule has 8 nitrogen and oxygen atoms in total. The summed E-state index contributed by atoms with van der Waals surface area (Å²) in [4.78, 5) is 33.0. The van der Waals surface area contributed by atoms with Crippen molar-refractivity contribution in [2.24, 2.45) is 0 Å². The molecule has 1 aliphatic rings. The maximum atomic E-state index is 13.5. The molecule has 0 unspecified atom stereocenters. The van der Waals surface area contributed by atoms with Gasteiger partial charge in [-0.05, 0) is 55.0 Å². The Hall–Kier alpha value is -4.37. The average Bonchev–Trinajstić information content (AvgIpc) is 3.45. The van der Waals surface area contributed by atoms with E-state index in [2.05, 4.69) is 4.98 Å². The Balaban J connectivity index is 1.77. The molecule has 3 aromatic carbocycles. The Morgan fingerprint density at radius 2 is 1.73 bits per heavy atom. The Bertz CT molecular complexity index is 1560. The number of carbonyl (C=O) groups excluding carboxylic acids is 2. The molecular formula is C28H24N2O6S. The zero-order valence-corrected chi connectivity index (χ0v) is 21.5. The van der Waals surface area contributed by atoms with Gasteiger partial charge in [-0.3, -0.25) is 14.5 Å². The molecule has 0 saturated carbocycles. The fourth-order valence-corrected chi connectivity index (χ4v) is 5.57. The number of hydrogen-bond donors (Lipinski definition) is 1. The molecule has 4 aromatic rings. The number of rotatable bonds is 6. The van der Waals surface area contributed by atoms with Gasteiger partial charge in [-0.15, -0.1) is 0 Å². The number of aryl methyl sites for hydroxylation is 1. The summed E-state index contributed by atoms with van der Waals surface area (Å²) in [5.41, 5.74) is 2.53. The summed E-state index contributed by atoms with van der Waals surface area (Å²) in [7, 11) is 4.53. The minimum atomic E-state index is -1.01. The van der Waals surface area contributed by atoms with Crippen LogP contribution in [-0.4, -0.2) is 43.1 Å². The van der Waals surface area contributed by atoms with Crippen molar-refractivity contribution in [2.45, 2.75) is 13.0 Å². The van der Waals surface area contributed by atoms with Crippen LogP contribution in [0.4, 0.5) is 5.13 Å². The molecule has 0 aliphatic carbocycles. The molecule has 188 valence electrons. The second-order valence-corrected chi connectivity index (χ2v) is 9.46. The van der Waals surface area contributed by atoms with Crippen LogP contribution in [0.2, 0.25) is 0 Å². The number of anilines is 1. The lowest BCUT2D eigenvalue weighted by molar-refractivity contribution is -0.132. The van der Waals surface area contributed by atoms with E-state index in [0.29, 0.717) is 39.0 Å². The van der Waals surface area contributed by atoms with Crippen molar-refractivity contribution in [1.82, 2.24) is 4.98 Å². The van der Waals surface area contributed by atoms with E-state index in [1.807, 2.05) is 25.1 Å². The van der Waals surface area contributed by atoms with Gasteiger partial charge in [0, 0.05) is 11.1 Å². The monoisotopic (exact) mass is 516 g/mol. The van der Waals surface area contributed by atoms with Crippen molar-refractivity contribution in [3.05, 3.63) is 82.9 Å². The van der Waals surface area contributed by atoms with Crippen molar-refractivity contribution < 1.29 is 28.9 Å². The van der Waals surface area contributed by atoms with E-state index in [1.54, 1.807) is 42.5 Å². The zero-order chi connectivity index (χ0) is 26.3. The highest BCUT2D eigenvalue weighted by Crippen LogP contribution is 2.48. The van der Waals surface area contributed by atoms with E-state index in [4.69, 9.17) is 14.2 Å². The molecule has 0 radical (unpaired) electrons. The summed E-state index contributed by atoms with van der Waals surface area (Å²) in [5.74, 6) is -0.558. The fraction of sp³-hybridized carbons (Fsp3) is 0.179. The Labute approximate surface area is 217 Å². The van der Waals surface area contributed by atoms with E-state index < -0.39 is 17.7 Å². The van der Waals surface area contributed by atoms with Crippen molar-refractivity contribution in [1.29, 1.82) is 0 Å². The molecule has 1 aliphatic heterocycles. The van der Waals surface area contributed by atoms with Crippen molar-refractivity contribution >= 4 is 44.1 Å². The quantitative estimate of drug-likeness (QED) is 0.212. The van der Waals surface area contributed by atoms with Crippen molar-refractivity contribution in [3.63, 3.8) is 0 Å². The molecule has 9 heteroatoms. The maximum absolute atomic E-state index is 13.5. The highest BCUT2D eigenvalue weighted by Gasteiger charge is 2.49. The van der Waals surface area contributed by atoms with Crippen LogP contribution in [0.5, 0.6) is 17.2 Å². The Morgan fingerprint density at radius 3 is 2.41 bits per heavy atom. The summed E-state index contributed by atoms with van der Waals surface area (Å²) in [6.45, 7) is 1.97. The van der Waals surface area contributed by atoms with Gasteiger partial charge in [0.15, 0.2) is 16.6 Å². The summed E-state index contributed by atoms with van der Waals surface area (Å²) >= 11 is 1.30. The second-order valence-electron chi connectivity index (χ2n) is 8.45. The number of hydrogen-bond acceptors (Lipinski definition) is 8. The molecular weight excluding hydrogens is 492 g/mol. The molecule has 1 fully saturated rings. The van der Waals surface area contributed by atoms with Crippen molar-refractivity contribution in [2.75, 3.05) is 26.2 Å². The van der Waals surface area contributed by atoms with Gasteiger partial charge in [0.05, 0.1) is 37.1 Å². The number of Topliss-reactive ketones (excluding diaryl/α,β-unsaturated/α-hetero) is 1. The van der Waals surface area contributed by atoms with Crippen LogP contribution >= 0.6 is 11.3 Å². The summed E-state index contributed by atoms with van der Waals surface area (Å²) in [5, 5.41) is 11.7. The number of methoxy groups -OCH3 is 3. The molecule has 1 saturated heterocycles. The summed E-state index contributed by atoms with van der Waals surface area (Å²) in [6, 6.07) is 16.6. The van der Waals surface area contributed by atoms with Gasteiger partial charge >= 0.3 is 5.91 Å². The van der Waals surface area contributed by atoms with Crippen molar-refractivity contribution in [3.8, 4) is 17.2 Å². The van der Waals surface area contributed by atoms with Gasteiger partial charge in [-0.1, -0.05) is 29.5 Å². The number of carbonyl (C=O) groups is 2. The van der Waals surface area contributed by atoms with Gasteiger partial charge in [-0.25, -0.2) is 4.98 Å². The Kier molecular flexibility index (Phi) is 6.31. The molecule has 1 N–H and O–H groups in total. The van der Waals surface area contributed by atoms with Crippen LogP contribution in [0.1, 0.15) is 22.7 Å². The number of benzene rings is 3. The smallest absolute Gasteiger partial charge is 0.301 e. The number of nitrogens with zero attached hydrogens (tertiary/aromatic N) is 2. The standard InChI is InChI=1S/C28H24N2O6S/c1-15-8-13-19-21(14-15)37-28(29-19)30-23(18-6-5-7-20(35-3)26(18)36-4)22(25(32)27(30)33)24(31)16-9-11-17(34-2)12-10-16/h5-14,23,31H,1-4H3/t23-/m1/s1. The lowest BCUT2D eigenvalue weighted by atomic mass is 9.94.